The molecule has 1 amide bonds. The molecule has 0 atom stereocenters. The molecule has 0 bridgehead atoms. The van der Waals surface area contributed by atoms with Gasteiger partial charge in [0.1, 0.15) is 12.1 Å². The molecule has 2 aromatic rings. The van der Waals surface area contributed by atoms with E-state index in [1.54, 1.807) is 13.0 Å². The number of anilines is 2. The van der Waals surface area contributed by atoms with Crippen molar-refractivity contribution in [2.24, 2.45) is 0 Å². The summed E-state index contributed by atoms with van der Waals surface area (Å²) in [5, 5.41) is 5.99. The Morgan fingerprint density at radius 3 is 2.86 bits per heavy atom. The fourth-order valence-electron chi connectivity index (χ4n) is 2.00. The molecule has 0 unspecified atom stereocenters. The van der Waals surface area contributed by atoms with E-state index in [2.05, 4.69) is 20.6 Å². The van der Waals surface area contributed by atoms with E-state index in [-0.39, 0.29) is 11.7 Å². The second kappa shape index (κ2) is 5.47. The molecule has 0 aliphatic heterocycles. The van der Waals surface area contributed by atoms with Crippen molar-refractivity contribution in [1.82, 2.24) is 9.97 Å². The van der Waals surface area contributed by atoms with Gasteiger partial charge in [-0.15, -0.1) is 0 Å². The van der Waals surface area contributed by atoms with E-state index in [4.69, 9.17) is 0 Å². The third kappa shape index (κ3) is 3.16. The van der Waals surface area contributed by atoms with Crippen LogP contribution in [-0.4, -0.2) is 21.9 Å². The normalized spacial score (nSPS) is 13.8. The predicted molar refractivity (Wildman–Crippen MR) is 77.8 cm³/mol. The van der Waals surface area contributed by atoms with Crippen molar-refractivity contribution in [3.63, 3.8) is 0 Å². The maximum atomic E-state index is 13.4. The lowest BCUT2D eigenvalue weighted by molar-refractivity contribution is 0.102. The highest BCUT2D eigenvalue weighted by molar-refractivity contribution is 6.06. The summed E-state index contributed by atoms with van der Waals surface area (Å²) in [5.74, 6) is -0.645. The molecule has 1 aromatic carbocycles. The number of carbonyl (C=O) groups is 1. The minimum atomic E-state index is -0.338. The maximum absolute atomic E-state index is 13.4. The number of nitrogens with zero attached hydrogens (tertiary/aromatic N) is 2. The summed E-state index contributed by atoms with van der Waals surface area (Å²) in [6.07, 6.45) is 4.99. The van der Waals surface area contributed by atoms with E-state index in [9.17, 15) is 9.18 Å². The standard InChI is InChI=1S/C15H15FN4O/c1-9-12(7-17-8-18-9)15(21)20-13-5-2-10(16)6-14(13)19-11-3-4-11/h2,5-8,11,19H,3-4H2,1H3,(H,20,21). The van der Waals surface area contributed by atoms with Crippen LogP contribution in [0.15, 0.2) is 30.7 Å². The van der Waals surface area contributed by atoms with Crippen LogP contribution in [0, 0.1) is 12.7 Å². The van der Waals surface area contributed by atoms with Crippen LogP contribution >= 0.6 is 0 Å². The predicted octanol–water partition coefficient (Wildman–Crippen LogP) is 2.75. The van der Waals surface area contributed by atoms with E-state index in [0.717, 1.165) is 12.8 Å². The molecule has 1 heterocycles. The SMILES string of the molecule is Cc1ncncc1C(=O)Nc1ccc(F)cc1NC1CC1. The van der Waals surface area contributed by atoms with Gasteiger partial charge in [0.25, 0.3) is 5.91 Å². The molecule has 108 valence electrons. The van der Waals surface area contributed by atoms with Crippen molar-refractivity contribution < 1.29 is 9.18 Å². The van der Waals surface area contributed by atoms with Gasteiger partial charge < -0.3 is 10.6 Å². The van der Waals surface area contributed by atoms with Gasteiger partial charge in [0.2, 0.25) is 0 Å². The lowest BCUT2D eigenvalue weighted by Crippen LogP contribution is -2.16. The van der Waals surface area contributed by atoms with E-state index in [1.807, 2.05) is 0 Å². The Morgan fingerprint density at radius 1 is 1.33 bits per heavy atom. The number of carbonyl (C=O) groups excluding carboxylic acids is 1. The summed E-state index contributed by atoms with van der Waals surface area (Å²) >= 11 is 0. The largest absolute Gasteiger partial charge is 0.381 e. The number of aryl methyl sites for hydroxylation is 1. The average Bonchev–Trinajstić information content (AvgIpc) is 3.26. The van der Waals surface area contributed by atoms with E-state index >= 15 is 0 Å². The smallest absolute Gasteiger partial charge is 0.259 e. The lowest BCUT2D eigenvalue weighted by Gasteiger charge is -2.13. The highest BCUT2D eigenvalue weighted by atomic mass is 19.1. The molecule has 1 aliphatic carbocycles. The third-order valence-corrected chi connectivity index (χ3v) is 3.32. The van der Waals surface area contributed by atoms with Crippen LogP contribution in [-0.2, 0) is 0 Å². The molecule has 5 nitrogen and oxygen atoms in total. The van der Waals surface area contributed by atoms with Gasteiger partial charge in [0.15, 0.2) is 0 Å². The number of benzene rings is 1. The second-order valence-electron chi connectivity index (χ2n) is 5.08. The number of aromatic nitrogens is 2. The van der Waals surface area contributed by atoms with E-state index in [1.165, 1.54) is 24.7 Å². The number of rotatable bonds is 4. The van der Waals surface area contributed by atoms with Crippen molar-refractivity contribution in [2.45, 2.75) is 25.8 Å². The van der Waals surface area contributed by atoms with Crippen molar-refractivity contribution >= 4 is 17.3 Å². The average molecular weight is 286 g/mol. The van der Waals surface area contributed by atoms with Gasteiger partial charge in [-0.05, 0) is 38.0 Å². The molecule has 1 aliphatic rings. The lowest BCUT2D eigenvalue weighted by atomic mass is 10.2. The summed E-state index contributed by atoms with van der Waals surface area (Å²) in [4.78, 5) is 20.1. The quantitative estimate of drug-likeness (QED) is 0.907. The Morgan fingerprint density at radius 2 is 2.14 bits per heavy atom. The molecular formula is C15H15FN4O. The summed E-state index contributed by atoms with van der Waals surface area (Å²) in [5.41, 5.74) is 2.15. The molecule has 6 heteroatoms. The Hall–Kier alpha value is -2.50. The summed E-state index contributed by atoms with van der Waals surface area (Å²) in [6, 6.07) is 4.63. The Balaban J connectivity index is 1.83. The first kappa shape index (κ1) is 13.5. The minimum Gasteiger partial charge on any atom is -0.381 e. The topological polar surface area (TPSA) is 66.9 Å². The molecule has 1 fully saturated rings. The van der Waals surface area contributed by atoms with Gasteiger partial charge in [0, 0.05) is 12.2 Å². The van der Waals surface area contributed by atoms with Gasteiger partial charge in [-0.2, -0.15) is 0 Å². The molecule has 0 saturated heterocycles. The fourth-order valence-corrected chi connectivity index (χ4v) is 2.00. The van der Waals surface area contributed by atoms with Crippen LogP contribution in [0.2, 0.25) is 0 Å². The van der Waals surface area contributed by atoms with Gasteiger partial charge in [-0.1, -0.05) is 0 Å². The van der Waals surface area contributed by atoms with E-state index in [0.29, 0.717) is 28.7 Å². The van der Waals surface area contributed by atoms with Gasteiger partial charge in [-0.25, -0.2) is 14.4 Å². The third-order valence-electron chi connectivity index (χ3n) is 3.32. The minimum absolute atomic E-state index is 0.307. The van der Waals surface area contributed by atoms with Crippen molar-refractivity contribution in [2.75, 3.05) is 10.6 Å². The van der Waals surface area contributed by atoms with Gasteiger partial charge in [0.05, 0.1) is 22.6 Å². The summed E-state index contributed by atoms with van der Waals surface area (Å²) in [6.45, 7) is 1.74. The molecular weight excluding hydrogens is 271 g/mol. The van der Waals surface area contributed by atoms with Crippen molar-refractivity contribution in [3.8, 4) is 0 Å². The van der Waals surface area contributed by atoms with E-state index < -0.39 is 0 Å². The second-order valence-corrected chi connectivity index (χ2v) is 5.08. The highest BCUT2D eigenvalue weighted by Gasteiger charge is 2.22. The Kier molecular flexibility index (Phi) is 3.51. The van der Waals surface area contributed by atoms with Crippen LogP contribution < -0.4 is 10.6 Å². The monoisotopic (exact) mass is 286 g/mol. The zero-order chi connectivity index (χ0) is 14.8. The zero-order valence-corrected chi connectivity index (χ0v) is 11.6. The summed E-state index contributed by atoms with van der Waals surface area (Å²) in [7, 11) is 0. The molecule has 21 heavy (non-hydrogen) atoms. The molecule has 0 spiro atoms. The number of hydrogen-bond acceptors (Lipinski definition) is 4. The maximum Gasteiger partial charge on any atom is 0.259 e. The molecule has 1 aromatic heterocycles. The van der Waals surface area contributed by atoms with Gasteiger partial charge in [-0.3, -0.25) is 4.79 Å². The Bertz CT molecular complexity index is 685. The fraction of sp³-hybridized carbons (Fsp3) is 0.267. The van der Waals surface area contributed by atoms with Crippen LogP contribution in [0.3, 0.4) is 0 Å². The van der Waals surface area contributed by atoms with Crippen LogP contribution in [0.1, 0.15) is 28.9 Å². The van der Waals surface area contributed by atoms with Crippen molar-refractivity contribution in [3.05, 3.63) is 47.8 Å². The zero-order valence-electron chi connectivity index (χ0n) is 11.6. The highest BCUT2D eigenvalue weighted by Crippen LogP contribution is 2.30. The number of nitrogens with one attached hydrogen (secondary N) is 2. The number of amides is 1. The first-order chi connectivity index (χ1) is 10.1. The molecule has 1 saturated carbocycles. The van der Waals surface area contributed by atoms with Crippen LogP contribution in [0.25, 0.3) is 0 Å². The van der Waals surface area contributed by atoms with Crippen molar-refractivity contribution in [1.29, 1.82) is 0 Å². The molecule has 2 N–H and O–H groups in total. The first-order valence-corrected chi connectivity index (χ1v) is 6.77. The Labute approximate surface area is 121 Å². The molecule has 0 radical (unpaired) electrons. The van der Waals surface area contributed by atoms with Crippen LogP contribution in [0.4, 0.5) is 15.8 Å². The van der Waals surface area contributed by atoms with Crippen LogP contribution in [0.5, 0.6) is 0 Å². The van der Waals surface area contributed by atoms with Gasteiger partial charge >= 0.3 is 0 Å². The first-order valence-electron chi connectivity index (χ1n) is 6.77. The molecule has 3 rings (SSSR count). The number of hydrogen-bond donors (Lipinski definition) is 2. The summed E-state index contributed by atoms with van der Waals surface area (Å²) < 4.78 is 13.4. The number of halogens is 1.